The number of amides is 2. The number of carbonyl (C=O) groups excluding carboxylic acids is 2. The van der Waals surface area contributed by atoms with Crippen molar-refractivity contribution >= 4 is 23.2 Å². The SMILES string of the molecule is CCC1=CNC2=C(C1)C(=O)N(c1ccc(OC)cc1[N+](=O)[O-])C2=O. The predicted octanol–water partition coefficient (Wildman–Crippen LogP) is 2.02. The van der Waals surface area contributed by atoms with Gasteiger partial charge in [0.15, 0.2) is 0 Å². The number of methoxy groups -OCH3 is 1. The van der Waals surface area contributed by atoms with Crippen LogP contribution in [0.2, 0.25) is 0 Å². The average molecular weight is 329 g/mol. The van der Waals surface area contributed by atoms with Gasteiger partial charge in [-0.15, -0.1) is 0 Å². The van der Waals surface area contributed by atoms with Gasteiger partial charge < -0.3 is 10.1 Å². The van der Waals surface area contributed by atoms with E-state index in [1.54, 1.807) is 6.20 Å². The molecule has 124 valence electrons. The fourth-order valence-corrected chi connectivity index (χ4v) is 2.75. The van der Waals surface area contributed by atoms with Crippen LogP contribution < -0.4 is 15.0 Å². The van der Waals surface area contributed by atoms with E-state index in [4.69, 9.17) is 4.74 Å². The summed E-state index contributed by atoms with van der Waals surface area (Å²) in [6.07, 6.45) is 2.81. The topological polar surface area (TPSA) is 102 Å². The van der Waals surface area contributed by atoms with Crippen LogP contribution >= 0.6 is 0 Å². The van der Waals surface area contributed by atoms with Gasteiger partial charge in [-0.1, -0.05) is 6.92 Å². The lowest BCUT2D eigenvalue weighted by atomic mass is 10.0. The summed E-state index contributed by atoms with van der Waals surface area (Å²) in [4.78, 5) is 36.8. The maximum absolute atomic E-state index is 12.7. The molecule has 0 aliphatic carbocycles. The first-order valence-corrected chi connectivity index (χ1v) is 7.36. The van der Waals surface area contributed by atoms with E-state index in [-0.39, 0.29) is 22.8 Å². The molecule has 0 saturated carbocycles. The van der Waals surface area contributed by atoms with Crippen LogP contribution in [0.4, 0.5) is 11.4 Å². The maximum Gasteiger partial charge on any atom is 0.297 e. The van der Waals surface area contributed by atoms with Gasteiger partial charge in [0.2, 0.25) is 0 Å². The second kappa shape index (κ2) is 5.80. The number of nitro benzene ring substituents is 1. The van der Waals surface area contributed by atoms with E-state index in [1.165, 1.54) is 25.3 Å². The number of rotatable bonds is 4. The summed E-state index contributed by atoms with van der Waals surface area (Å²) in [6, 6.07) is 4.01. The van der Waals surface area contributed by atoms with Crippen LogP contribution in [0.25, 0.3) is 0 Å². The Balaban J connectivity index is 2.02. The summed E-state index contributed by atoms with van der Waals surface area (Å²) >= 11 is 0. The smallest absolute Gasteiger partial charge is 0.297 e. The highest BCUT2D eigenvalue weighted by Crippen LogP contribution is 2.38. The van der Waals surface area contributed by atoms with E-state index in [2.05, 4.69) is 5.32 Å². The number of nitrogens with zero attached hydrogens (tertiary/aromatic N) is 2. The highest BCUT2D eigenvalue weighted by Gasteiger charge is 2.42. The number of hydrogen-bond donors (Lipinski definition) is 1. The summed E-state index contributed by atoms with van der Waals surface area (Å²) in [5, 5.41) is 14.2. The highest BCUT2D eigenvalue weighted by atomic mass is 16.6. The third-order valence-electron chi connectivity index (χ3n) is 4.08. The number of dihydropyridines is 1. The summed E-state index contributed by atoms with van der Waals surface area (Å²) in [7, 11) is 1.38. The Morgan fingerprint density at radius 3 is 2.71 bits per heavy atom. The number of carbonyl (C=O) groups is 2. The minimum Gasteiger partial charge on any atom is -0.496 e. The molecule has 1 aromatic carbocycles. The molecule has 2 aliphatic heterocycles. The van der Waals surface area contributed by atoms with Gasteiger partial charge in [0.05, 0.1) is 23.7 Å². The normalized spacial score (nSPS) is 16.8. The van der Waals surface area contributed by atoms with E-state index in [1.807, 2.05) is 6.92 Å². The van der Waals surface area contributed by atoms with Crippen molar-refractivity contribution in [2.45, 2.75) is 19.8 Å². The van der Waals surface area contributed by atoms with E-state index >= 15 is 0 Å². The van der Waals surface area contributed by atoms with Gasteiger partial charge in [0.25, 0.3) is 17.5 Å². The Labute approximate surface area is 137 Å². The van der Waals surface area contributed by atoms with Crippen LogP contribution in [0.3, 0.4) is 0 Å². The Morgan fingerprint density at radius 2 is 2.08 bits per heavy atom. The third-order valence-corrected chi connectivity index (χ3v) is 4.08. The summed E-state index contributed by atoms with van der Waals surface area (Å²) in [5.41, 5.74) is 1.08. The molecule has 8 nitrogen and oxygen atoms in total. The third kappa shape index (κ3) is 2.32. The summed E-state index contributed by atoms with van der Waals surface area (Å²) in [5.74, 6) is -0.847. The van der Waals surface area contributed by atoms with Crippen molar-refractivity contribution in [1.29, 1.82) is 0 Å². The molecule has 0 bridgehead atoms. The van der Waals surface area contributed by atoms with Crippen LogP contribution in [0, 0.1) is 10.1 Å². The molecule has 1 aromatic rings. The molecule has 0 saturated heterocycles. The molecule has 1 N–H and O–H groups in total. The van der Waals surface area contributed by atoms with E-state index in [0.717, 1.165) is 16.9 Å². The molecular weight excluding hydrogens is 314 g/mol. The van der Waals surface area contributed by atoms with Crippen molar-refractivity contribution in [2.75, 3.05) is 12.0 Å². The van der Waals surface area contributed by atoms with Gasteiger partial charge in [-0.2, -0.15) is 0 Å². The van der Waals surface area contributed by atoms with Crippen molar-refractivity contribution in [2.24, 2.45) is 0 Å². The zero-order chi connectivity index (χ0) is 17.4. The number of ether oxygens (including phenoxy) is 1. The quantitative estimate of drug-likeness (QED) is 0.515. The zero-order valence-electron chi connectivity index (χ0n) is 13.2. The monoisotopic (exact) mass is 329 g/mol. The van der Waals surface area contributed by atoms with E-state index < -0.39 is 16.7 Å². The standard InChI is InChI=1S/C16H15N3O5/c1-3-9-6-11-14(17-8-9)16(21)18(15(11)20)12-5-4-10(24-2)7-13(12)19(22)23/h4-5,7-8,17H,3,6H2,1-2H3. The number of anilines is 1. The van der Waals surface area contributed by atoms with Gasteiger partial charge in [0, 0.05) is 12.6 Å². The first-order valence-electron chi connectivity index (χ1n) is 7.36. The van der Waals surface area contributed by atoms with Crippen molar-refractivity contribution in [3.8, 4) is 5.75 Å². The fraction of sp³-hybridized carbons (Fsp3) is 0.250. The Bertz CT molecular complexity index is 825. The van der Waals surface area contributed by atoms with E-state index in [0.29, 0.717) is 12.0 Å². The second-order valence-corrected chi connectivity index (χ2v) is 5.39. The summed E-state index contributed by atoms with van der Waals surface area (Å²) in [6.45, 7) is 1.95. The molecule has 0 aromatic heterocycles. The minimum atomic E-state index is -0.640. The molecule has 0 atom stereocenters. The molecule has 2 amide bonds. The van der Waals surface area contributed by atoms with Gasteiger partial charge in [-0.05, 0) is 24.1 Å². The zero-order valence-corrected chi connectivity index (χ0v) is 13.2. The van der Waals surface area contributed by atoms with Crippen LogP contribution in [0.15, 0.2) is 41.2 Å². The first-order chi connectivity index (χ1) is 11.5. The highest BCUT2D eigenvalue weighted by molar-refractivity contribution is 6.33. The lowest BCUT2D eigenvalue weighted by molar-refractivity contribution is -0.384. The van der Waals surface area contributed by atoms with Crippen molar-refractivity contribution < 1.29 is 19.2 Å². The Hall–Kier alpha value is -3.16. The molecular formula is C16H15N3O5. The van der Waals surface area contributed by atoms with Crippen LogP contribution in [-0.2, 0) is 9.59 Å². The van der Waals surface area contributed by atoms with Crippen molar-refractivity contribution in [3.05, 3.63) is 51.4 Å². The molecule has 0 radical (unpaired) electrons. The number of hydrogen-bond acceptors (Lipinski definition) is 6. The van der Waals surface area contributed by atoms with E-state index in [9.17, 15) is 19.7 Å². The molecule has 2 heterocycles. The largest absolute Gasteiger partial charge is 0.496 e. The van der Waals surface area contributed by atoms with Crippen LogP contribution in [-0.4, -0.2) is 23.8 Å². The number of imide groups is 1. The van der Waals surface area contributed by atoms with Gasteiger partial charge >= 0.3 is 0 Å². The van der Waals surface area contributed by atoms with Gasteiger partial charge in [-0.3, -0.25) is 19.7 Å². The van der Waals surface area contributed by atoms with Gasteiger partial charge in [-0.25, -0.2) is 4.90 Å². The lowest BCUT2D eigenvalue weighted by Crippen LogP contribution is -2.33. The molecule has 8 heteroatoms. The number of nitro groups is 1. The Kier molecular flexibility index (Phi) is 3.80. The summed E-state index contributed by atoms with van der Waals surface area (Å²) < 4.78 is 4.98. The number of nitrogens with one attached hydrogen (secondary N) is 1. The molecule has 24 heavy (non-hydrogen) atoms. The Morgan fingerprint density at radius 1 is 1.33 bits per heavy atom. The molecule has 2 aliphatic rings. The number of allylic oxidation sites excluding steroid dienone is 1. The van der Waals surface area contributed by atoms with Crippen molar-refractivity contribution in [3.63, 3.8) is 0 Å². The second-order valence-electron chi connectivity index (χ2n) is 5.39. The molecule has 0 spiro atoms. The lowest BCUT2D eigenvalue weighted by Gasteiger charge is -2.15. The number of benzene rings is 1. The first kappa shape index (κ1) is 15.7. The van der Waals surface area contributed by atoms with Crippen molar-refractivity contribution in [1.82, 2.24) is 5.32 Å². The molecule has 0 fully saturated rings. The molecule has 0 unspecified atom stereocenters. The predicted molar refractivity (Wildman–Crippen MR) is 85.3 cm³/mol. The van der Waals surface area contributed by atoms with Crippen LogP contribution in [0.5, 0.6) is 5.75 Å². The van der Waals surface area contributed by atoms with Gasteiger partial charge in [0.1, 0.15) is 17.1 Å². The maximum atomic E-state index is 12.7. The molecule has 3 rings (SSSR count). The van der Waals surface area contributed by atoms with Crippen LogP contribution in [0.1, 0.15) is 19.8 Å². The fourth-order valence-electron chi connectivity index (χ4n) is 2.75. The average Bonchev–Trinajstić information content (AvgIpc) is 2.84. The minimum absolute atomic E-state index is 0.0648.